The van der Waals surface area contributed by atoms with Crippen molar-refractivity contribution >= 4 is 38.5 Å². The number of hydrogen-bond acceptors (Lipinski definition) is 5. The van der Waals surface area contributed by atoms with Crippen LogP contribution in [0.1, 0.15) is 61.2 Å². The van der Waals surface area contributed by atoms with Crippen molar-refractivity contribution in [2.45, 2.75) is 53.6 Å². The fourth-order valence-electron chi connectivity index (χ4n) is 4.48. The quantitative estimate of drug-likeness (QED) is 0.269. The minimum Gasteiger partial charge on any atom is -0.490 e. The van der Waals surface area contributed by atoms with Crippen LogP contribution in [-0.4, -0.2) is 12.8 Å². The van der Waals surface area contributed by atoms with Crippen LogP contribution in [-0.2, 0) is 19.4 Å². The molecule has 2 aromatic carbocycles. The summed E-state index contributed by atoms with van der Waals surface area (Å²) in [5, 5.41) is 10.6. The van der Waals surface area contributed by atoms with Gasteiger partial charge < -0.3 is 9.47 Å². The molecule has 0 N–H and O–H groups in total. The summed E-state index contributed by atoms with van der Waals surface area (Å²) in [5.41, 5.74) is 3.40. The molecular weight excluding hydrogens is 539 g/mol. The number of thiophene rings is 1. The van der Waals surface area contributed by atoms with Crippen LogP contribution in [0.25, 0.3) is 0 Å². The summed E-state index contributed by atoms with van der Waals surface area (Å²) in [6, 6.07) is 12.7. The van der Waals surface area contributed by atoms with E-state index in [0.717, 1.165) is 29.8 Å². The third-order valence-corrected chi connectivity index (χ3v) is 8.33. The van der Waals surface area contributed by atoms with Gasteiger partial charge in [-0.15, -0.1) is 11.3 Å². The second kappa shape index (κ2) is 11.1. The van der Waals surface area contributed by atoms with Gasteiger partial charge in [-0.05, 0) is 82.8 Å². The molecule has 0 amide bonds. The van der Waals surface area contributed by atoms with Crippen molar-refractivity contribution < 1.29 is 13.9 Å². The second-order valence-electron chi connectivity index (χ2n) is 10.0. The van der Waals surface area contributed by atoms with Crippen molar-refractivity contribution in [2.24, 2.45) is 16.3 Å². The molecule has 1 aromatic heterocycles. The first-order chi connectivity index (χ1) is 17.2. The normalized spacial score (nSPS) is 15.5. The van der Waals surface area contributed by atoms with Gasteiger partial charge in [0.2, 0.25) is 0 Å². The number of ether oxygens (including phenoxy) is 2. The maximum atomic E-state index is 14.0. The first kappa shape index (κ1) is 26.4. The van der Waals surface area contributed by atoms with Gasteiger partial charge in [0.15, 0.2) is 11.5 Å². The molecule has 0 fully saturated rings. The van der Waals surface area contributed by atoms with E-state index in [1.165, 1.54) is 16.5 Å². The number of benzene rings is 2. The van der Waals surface area contributed by atoms with Crippen LogP contribution in [0, 0.1) is 28.5 Å². The largest absolute Gasteiger partial charge is 0.490 e. The molecule has 1 atom stereocenters. The molecular formula is C29H30BrFN2O2S. The van der Waals surface area contributed by atoms with E-state index >= 15 is 0 Å². The van der Waals surface area contributed by atoms with Crippen molar-refractivity contribution in [1.29, 1.82) is 5.26 Å². The minimum absolute atomic E-state index is 0.0840. The highest BCUT2D eigenvalue weighted by molar-refractivity contribution is 9.10. The summed E-state index contributed by atoms with van der Waals surface area (Å²) >= 11 is 5.21. The number of aliphatic imine (C=N–C) groups is 1. The van der Waals surface area contributed by atoms with Gasteiger partial charge in [0.05, 0.1) is 16.6 Å². The SMILES string of the molecule is CCOc1cc(C=Nc2sc3c(c2C#N)CC[C@@H](C(C)(C)C)C3)cc(Br)c1OCc1ccccc1F. The summed E-state index contributed by atoms with van der Waals surface area (Å²) in [7, 11) is 0. The van der Waals surface area contributed by atoms with Crippen LogP contribution in [0.15, 0.2) is 45.9 Å². The number of rotatable bonds is 7. The molecule has 3 aromatic rings. The molecule has 7 heteroatoms. The van der Waals surface area contributed by atoms with Crippen molar-refractivity contribution in [3.8, 4) is 17.6 Å². The Kier molecular flexibility index (Phi) is 8.17. The van der Waals surface area contributed by atoms with Crippen LogP contribution in [0.4, 0.5) is 9.39 Å². The van der Waals surface area contributed by atoms with E-state index in [-0.39, 0.29) is 17.8 Å². The Hall–Kier alpha value is -2.69. The smallest absolute Gasteiger partial charge is 0.175 e. The summed E-state index contributed by atoms with van der Waals surface area (Å²) in [6.45, 7) is 9.30. The second-order valence-corrected chi connectivity index (χ2v) is 11.9. The molecule has 4 nitrogen and oxygen atoms in total. The summed E-state index contributed by atoms with van der Waals surface area (Å²) in [4.78, 5) is 6.01. The zero-order valence-electron chi connectivity index (χ0n) is 21.0. The Balaban J connectivity index is 1.59. The fourth-order valence-corrected chi connectivity index (χ4v) is 6.28. The molecule has 1 aliphatic carbocycles. The van der Waals surface area contributed by atoms with Gasteiger partial charge in [-0.3, -0.25) is 0 Å². The molecule has 1 aliphatic rings. The topological polar surface area (TPSA) is 54.6 Å². The van der Waals surface area contributed by atoms with Crippen LogP contribution in [0.5, 0.6) is 11.5 Å². The van der Waals surface area contributed by atoms with E-state index in [0.29, 0.717) is 39.6 Å². The van der Waals surface area contributed by atoms with Crippen molar-refractivity contribution in [3.63, 3.8) is 0 Å². The fraction of sp³-hybridized carbons (Fsp3) is 0.379. The van der Waals surface area contributed by atoms with E-state index in [1.807, 2.05) is 19.1 Å². The van der Waals surface area contributed by atoms with E-state index in [9.17, 15) is 9.65 Å². The molecule has 0 bridgehead atoms. The standard InChI is InChI=1S/C29H30BrFN2O2S/c1-5-34-25-13-18(12-23(30)27(25)35-17-19-8-6-7-9-24(19)31)16-33-28-22(15-32)21-11-10-20(29(2,3)4)14-26(21)36-28/h6-9,12-13,16,20H,5,10-11,14,17H2,1-4H3/t20-/m1/s1. The molecule has 4 rings (SSSR count). The van der Waals surface area contributed by atoms with Crippen LogP contribution in [0.2, 0.25) is 0 Å². The number of nitriles is 1. The third kappa shape index (κ3) is 5.82. The predicted octanol–water partition coefficient (Wildman–Crippen LogP) is 8.40. The number of halogens is 2. The van der Waals surface area contributed by atoms with E-state index in [4.69, 9.17) is 14.5 Å². The average Bonchev–Trinajstić information content (AvgIpc) is 3.19. The van der Waals surface area contributed by atoms with Gasteiger partial charge >= 0.3 is 0 Å². The summed E-state index contributed by atoms with van der Waals surface area (Å²) < 4.78 is 26.5. The van der Waals surface area contributed by atoms with Gasteiger partial charge in [0.1, 0.15) is 23.5 Å². The lowest BCUT2D eigenvalue weighted by Crippen LogP contribution is -2.26. The summed E-state index contributed by atoms with van der Waals surface area (Å²) in [5.74, 6) is 1.35. The molecule has 0 saturated carbocycles. The van der Waals surface area contributed by atoms with Gasteiger partial charge in [0.25, 0.3) is 0 Å². The van der Waals surface area contributed by atoms with Gasteiger partial charge in [-0.1, -0.05) is 39.0 Å². The van der Waals surface area contributed by atoms with Gasteiger partial charge in [-0.2, -0.15) is 5.26 Å². The first-order valence-electron chi connectivity index (χ1n) is 12.1. The van der Waals surface area contributed by atoms with E-state index in [2.05, 4.69) is 42.8 Å². The van der Waals surface area contributed by atoms with E-state index in [1.54, 1.807) is 35.8 Å². The van der Waals surface area contributed by atoms with Crippen molar-refractivity contribution in [2.75, 3.05) is 6.61 Å². The van der Waals surface area contributed by atoms with Crippen LogP contribution < -0.4 is 9.47 Å². The lowest BCUT2D eigenvalue weighted by Gasteiger charge is -2.33. The maximum absolute atomic E-state index is 14.0. The highest BCUT2D eigenvalue weighted by Crippen LogP contribution is 2.45. The number of fused-ring (bicyclic) bond motifs is 1. The molecule has 0 radical (unpaired) electrons. The molecule has 0 unspecified atom stereocenters. The zero-order chi connectivity index (χ0) is 25.9. The molecule has 0 spiro atoms. The Morgan fingerprint density at radius 3 is 2.72 bits per heavy atom. The number of nitrogens with zero attached hydrogens (tertiary/aromatic N) is 2. The first-order valence-corrected chi connectivity index (χ1v) is 13.7. The number of hydrogen-bond donors (Lipinski definition) is 0. The van der Waals surface area contributed by atoms with Crippen LogP contribution in [0.3, 0.4) is 0 Å². The highest BCUT2D eigenvalue weighted by atomic mass is 79.9. The predicted molar refractivity (Wildman–Crippen MR) is 147 cm³/mol. The lowest BCUT2D eigenvalue weighted by molar-refractivity contribution is 0.218. The lowest BCUT2D eigenvalue weighted by atomic mass is 9.72. The highest BCUT2D eigenvalue weighted by Gasteiger charge is 2.32. The third-order valence-electron chi connectivity index (χ3n) is 6.58. The Morgan fingerprint density at radius 1 is 1.25 bits per heavy atom. The van der Waals surface area contributed by atoms with Crippen molar-refractivity contribution in [1.82, 2.24) is 0 Å². The van der Waals surface area contributed by atoms with Gasteiger partial charge in [-0.25, -0.2) is 9.38 Å². The van der Waals surface area contributed by atoms with Gasteiger partial charge in [0, 0.05) is 16.7 Å². The average molecular weight is 570 g/mol. The molecule has 0 aliphatic heterocycles. The monoisotopic (exact) mass is 568 g/mol. The minimum atomic E-state index is -0.309. The molecule has 36 heavy (non-hydrogen) atoms. The zero-order valence-corrected chi connectivity index (χ0v) is 23.4. The summed E-state index contributed by atoms with van der Waals surface area (Å²) in [6.07, 6.45) is 4.79. The Bertz CT molecular complexity index is 1320. The van der Waals surface area contributed by atoms with Crippen LogP contribution >= 0.6 is 27.3 Å². The Morgan fingerprint density at radius 2 is 2.03 bits per heavy atom. The molecule has 0 saturated heterocycles. The molecule has 1 heterocycles. The molecule has 188 valence electrons. The van der Waals surface area contributed by atoms with E-state index < -0.39 is 0 Å². The van der Waals surface area contributed by atoms with Crippen molar-refractivity contribution in [3.05, 3.63) is 73.8 Å². The Labute approximate surface area is 224 Å². The maximum Gasteiger partial charge on any atom is 0.175 e.